The van der Waals surface area contributed by atoms with Gasteiger partial charge in [0.05, 0.1) is 4.90 Å². The fraction of sp³-hybridized carbons (Fsp3) is 0.235. The van der Waals surface area contributed by atoms with Crippen LogP contribution in [0.5, 0.6) is 0 Å². The number of aryl methyl sites for hydroxylation is 4. The standard InChI is InChI=1S/C17H20N2O3S/c1-11-5-7-15(8-6-11)17(20)18-19-23(21,22)16-13(3)9-12(2)10-14(16)4/h5-10,19H,1-4H3,(H,18,20). The molecule has 2 rings (SSSR count). The van der Waals surface area contributed by atoms with E-state index in [0.29, 0.717) is 16.7 Å². The Bertz CT molecular complexity index is 818. The van der Waals surface area contributed by atoms with Gasteiger partial charge in [0.15, 0.2) is 0 Å². The van der Waals surface area contributed by atoms with Gasteiger partial charge in [-0.3, -0.25) is 10.2 Å². The van der Waals surface area contributed by atoms with Crippen LogP contribution in [-0.4, -0.2) is 14.3 Å². The van der Waals surface area contributed by atoms with E-state index in [-0.39, 0.29) is 4.90 Å². The molecule has 5 nitrogen and oxygen atoms in total. The summed E-state index contributed by atoms with van der Waals surface area (Å²) in [6.07, 6.45) is 0. The number of hydrogen-bond donors (Lipinski definition) is 2. The van der Waals surface area contributed by atoms with Crippen LogP contribution in [0.15, 0.2) is 41.3 Å². The van der Waals surface area contributed by atoms with Gasteiger partial charge >= 0.3 is 0 Å². The molecule has 0 saturated carbocycles. The number of amides is 1. The summed E-state index contributed by atoms with van der Waals surface area (Å²) in [5.41, 5.74) is 5.92. The minimum atomic E-state index is -3.83. The van der Waals surface area contributed by atoms with Gasteiger partial charge in [-0.1, -0.05) is 35.4 Å². The van der Waals surface area contributed by atoms with Crippen molar-refractivity contribution in [3.05, 3.63) is 64.2 Å². The quantitative estimate of drug-likeness (QED) is 0.845. The zero-order valence-electron chi connectivity index (χ0n) is 13.6. The average molecular weight is 332 g/mol. The lowest BCUT2D eigenvalue weighted by atomic mass is 10.1. The molecule has 0 aliphatic carbocycles. The molecule has 0 bridgehead atoms. The number of carbonyl (C=O) groups is 1. The zero-order chi connectivity index (χ0) is 17.2. The highest BCUT2D eigenvalue weighted by molar-refractivity contribution is 7.89. The van der Waals surface area contributed by atoms with Gasteiger partial charge in [0, 0.05) is 5.56 Å². The SMILES string of the molecule is Cc1ccc(C(=O)NNS(=O)(=O)c2c(C)cc(C)cc2C)cc1. The first-order chi connectivity index (χ1) is 10.7. The monoisotopic (exact) mass is 332 g/mol. The van der Waals surface area contributed by atoms with Crippen LogP contribution in [0.1, 0.15) is 32.6 Å². The Morgan fingerprint density at radius 1 is 0.870 bits per heavy atom. The van der Waals surface area contributed by atoms with E-state index in [0.717, 1.165) is 11.1 Å². The van der Waals surface area contributed by atoms with Crippen molar-refractivity contribution in [1.29, 1.82) is 0 Å². The van der Waals surface area contributed by atoms with E-state index < -0.39 is 15.9 Å². The van der Waals surface area contributed by atoms with Crippen LogP contribution in [0.4, 0.5) is 0 Å². The summed E-state index contributed by atoms with van der Waals surface area (Å²) in [5.74, 6) is -0.504. The lowest BCUT2D eigenvalue weighted by Gasteiger charge is -2.13. The Hall–Kier alpha value is -2.18. The summed E-state index contributed by atoms with van der Waals surface area (Å²) in [4.78, 5) is 14.4. The summed E-state index contributed by atoms with van der Waals surface area (Å²) in [6.45, 7) is 7.28. The predicted molar refractivity (Wildman–Crippen MR) is 89.6 cm³/mol. The summed E-state index contributed by atoms with van der Waals surface area (Å²) in [7, 11) is -3.83. The molecule has 2 N–H and O–H groups in total. The predicted octanol–water partition coefficient (Wildman–Crippen LogP) is 2.54. The molecule has 0 radical (unpaired) electrons. The third-order valence-corrected chi connectivity index (χ3v) is 5.04. The van der Waals surface area contributed by atoms with Gasteiger partial charge < -0.3 is 0 Å². The van der Waals surface area contributed by atoms with Crippen LogP contribution in [-0.2, 0) is 10.0 Å². The second-order valence-corrected chi connectivity index (χ2v) is 7.27. The van der Waals surface area contributed by atoms with Gasteiger partial charge in [-0.25, -0.2) is 8.42 Å². The Labute approximate surface area is 136 Å². The molecule has 0 unspecified atom stereocenters. The molecular weight excluding hydrogens is 312 g/mol. The topological polar surface area (TPSA) is 75.3 Å². The number of nitrogens with one attached hydrogen (secondary N) is 2. The number of benzene rings is 2. The van der Waals surface area contributed by atoms with Gasteiger partial charge in [0.25, 0.3) is 15.9 Å². The van der Waals surface area contributed by atoms with E-state index in [2.05, 4.69) is 10.3 Å². The molecule has 0 fully saturated rings. The van der Waals surface area contributed by atoms with Gasteiger partial charge in [-0.05, 0) is 51.0 Å². The molecule has 6 heteroatoms. The number of rotatable bonds is 4. The van der Waals surface area contributed by atoms with E-state index in [1.54, 1.807) is 50.2 Å². The van der Waals surface area contributed by atoms with Crippen LogP contribution < -0.4 is 10.3 Å². The lowest BCUT2D eigenvalue weighted by molar-refractivity contribution is 0.0945. The molecule has 1 amide bonds. The fourth-order valence-electron chi connectivity index (χ4n) is 2.53. The summed E-state index contributed by atoms with van der Waals surface area (Å²) in [6, 6.07) is 10.4. The number of carbonyl (C=O) groups excluding carboxylic acids is 1. The Morgan fingerprint density at radius 2 is 1.39 bits per heavy atom. The first-order valence-electron chi connectivity index (χ1n) is 7.17. The normalized spacial score (nSPS) is 11.3. The molecule has 0 aliphatic rings. The van der Waals surface area contributed by atoms with Gasteiger partial charge in [-0.2, -0.15) is 0 Å². The minimum Gasteiger partial charge on any atom is -0.273 e. The molecule has 0 heterocycles. The molecular formula is C17H20N2O3S. The van der Waals surface area contributed by atoms with Crippen LogP contribution in [0.2, 0.25) is 0 Å². The highest BCUT2D eigenvalue weighted by atomic mass is 32.2. The van der Waals surface area contributed by atoms with E-state index in [4.69, 9.17) is 0 Å². The summed E-state index contributed by atoms with van der Waals surface area (Å²) < 4.78 is 24.9. The van der Waals surface area contributed by atoms with E-state index in [1.165, 1.54) is 0 Å². The van der Waals surface area contributed by atoms with Gasteiger partial charge in [0.1, 0.15) is 0 Å². The number of hydrazine groups is 1. The van der Waals surface area contributed by atoms with Crippen molar-refractivity contribution in [2.45, 2.75) is 32.6 Å². The Morgan fingerprint density at radius 3 is 1.91 bits per heavy atom. The van der Waals surface area contributed by atoms with E-state index in [1.807, 2.05) is 13.8 Å². The minimum absolute atomic E-state index is 0.187. The van der Waals surface area contributed by atoms with Crippen LogP contribution in [0.25, 0.3) is 0 Å². The molecule has 0 spiro atoms. The van der Waals surface area contributed by atoms with Crippen LogP contribution >= 0.6 is 0 Å². The van der Waals surface area contributed by atoms with Crippen molar-refractivity contribution in [2.24, 2.45) is 0 Å². The fourth-order valence-corrected chi connectivity index (χ4v) is 3.83. The smallest absolute Gasteiger partial charge is 0.266 e. The summed E-state index contributed by atoms with van der Waals surface area (Å²) >= 11 is 0. The van der Waals surface area contributed by atoms with Crippen molar-refractivity contribution in [3.8, 4) is 0 Å². The van der Waals surface area contributed by atoms with Crippen molar-refractivity contribution < 1.29 is 13.2 Å². The first-order valence-corrected chi connectivity index (χ1v) is 8.65. The van der Waals surface area contributed by atoms with Crippen molar-refractivity contribution >= 4 is 15.9 Å². The maximum atomic E-state index is 12.4. The molecule has 0 saturated heterocycles. The van der Waals surface area contributed by atoms with Crippen LogP contribution in [0.3, 0.4) is 0 Å². The molecule has 122 valence electrons. The second kappa shape index (κ2) is 6.52. The number of hydrogen-bond acceptors (Lipinski definition) is 3. The van der Waals surface area contributed by atoms with Crippen LogP contribution in [0, 0.1) is 27.7 Å². The van der Waals surface area contributed by atoms with Crippen molar-refractivity contribution in [3.63, 3.8) is 0 Å². The van der Waals surface area contributed by atoms with Crippen molar-refractivity contribution in [2.75, 3.05) is 0 Å². The number of sulfonamides is 1. The maximum Gasteiger partial charge on any atom is 0.266 e. The van der Waals surface area contributed by atoms with Gasteiger partial charge in [0.2, 0.25) is 0 Å². The van der Waals surface area contributed by atoms with E-state index in [9.17, 15) is 13.2 Å². The van der Waals surface area contributed by atoms with Gasteiger partial charge in [-0.15, -0.1) is 4.83 Å². The Balaban J connectivity index is 2.19. The molecule has 23 heavy (non-hydrogen) atoms. The zero-order valence-corrected chi connectivity index (χ0v) is 14.4. The molecule has 0 aliphatic heterocycles. The highest BCUT2D eigenvalue weighted by Crippen LogP contribution is 2.21. The molecule has 2 aromatic rings. The highest BCUT2D eigenvalue weighted by Gasteiger charge is 2.20. The average Bonchev–Trinajstić information content (AvgIpc) is 2.44. The third kappa shape index (κ3) is 3.97. The maximum absolute atomic E-state index is 12.4. The molecule has 0 atom stereocenters. The lowest BCUT2D eigenvalue weighted by Crippen LogP contribution is -2.42. The Kier molecular flexibility index (Phi) is 4.87. The second-order valence-electron chi connectivity index (χ2n) is 5.65. The van der Waals surface area contributed by atoms with E-state index >= 15 is 0 Å². The first kappa shape index (κ1) is 17.2. The third-order valence-electron chi connectivity index (χ3n) is 3.49. The molecule has 2 aromatic carbocycles. The largest absolute Gasteiger partial charge is 0.273 e. The van der Waals surface area contributed by atoms with Crippen molar-refractivity contribution in [1.82, 2.24) is 10.3 Å². The molecule has 0 aromatic heterocycles. The summed E-state index contributed by atoms with van der Waals surface area (Å²) in [5, 5.41) is 0.